The number of aliphatic hydroxyl groups excluding tert-OH is 1. The van der Waals surface area contributed by atoms with Crippen LogP contribution < -0.4 is 10.0 Å². The van der Waals surface area contributed by atoms with E-state index in [2.05, 4.69) is 16.1 Å². The van der Waals surface area contributed by atoms with Crippen molar-refractivity contribution in [2.45, 2.75) is 102 Å². The average molecular weight is 627 g/mol. The van der Waals surface area contributed by atoms with E-state index in [0.29, 0.717) is 29.0 Å². The van der Waals surface area contributed by atoms with Crippen LogP contribution >= 0.6 is 0 Å². The summed E-state index contributed by atoms with van der Waals surface area (Å²) in [6.45, 7) is 10.6. The van der Waals surface area contributed by atoms with Gasteiger partial charge in [-0.15, -0.1) is 4.72 Å². The first-order valence-electron chi connectivity index (χ1n) is 15.0. The highest BCUT2D eigenvalue weighted by Crippen LogP contribution is 2.43. The van der Waals surface area contributed by atoms with Gasteiger partial charge >= 0.3 is 6.09 Å². The summed E-state index contributed by atoms with van der Waals surface area (Å²) < 4.78 is 37.2. The molecule has 4 atom stereocenters. The number of rotatable bonds is 9. The van der Waals surface area contributed by atoms with Crippen LogP contribution in [0.25, 0.3) is 0 Å². The van der Waals surface area contributed by atoms with Gasteiger partial charge in [-0.2, -0.15) is 5.26 Å². The van der Waals surface area contributed by atoms with Crippen molar-refractivity contribution in [3.8, 4) is 6.07 Å². The van der Waals surface area contributed by atoms with Crippen LogP contribution in [0.5, 0.6) is 0 Å². The number of amides is 2. The van der Waals surface area contributed by atoms with Crippen LogP contribution in [0.15, 0.2) is 42.5 Å². The molecule has 2 amide bonds. The van der Waals surface area contributed by atoms with Crippen LogP contribution in [-0.2, 0) is 26.4 Å². The molecule has 3 N–H and O–H groups in total. The van der Waals surface area contributed by atoms with Crippen molar-refractivity contribution in [1.82, 2.24) is 9.62 Å². The lowest BCUT2D eigenvalue weighted by Crippen LogP contribution is -2.52. The Kier molecular flexibility index (Phi) is 10.0. The molecule has 0 bridgehead atoms. The molecule has 2 aliphatic rings. The molecule has 2 aromatic carbocycles. The predicted octanol–water partition coefficient (Wildman–Crippen LogP) is 5.49. The van der Waals surface area contributed by atoms with Gasteiger partial charge in [0.2, 0.25) is 5.91 Å². The standard InChI is InChI=1S/C33H43FN4O5S/c1-31(2,3)43-30(41)38-20-25(39)18-28(38)29(40)36-27-17-24(12-13-26(27)34)33(15-14-21-10-11-21,37-44(42)32(4,5)6)23-9-7-8-22(16-23)19-35/h7-9,12-13,16-17,21,25,28,37,39H,10-11,14-15,18,20H2,1-6H3,(H,36,40)/t25-,28-,33-,44?/m1/s1. The maximum Gasteiger partial charge on any atom is 0.411 e. The molecule has 1 unspecified atom stereocenters. The predicted molar refractivity (Wildman–Crippen MR) is 167 cm³/mol. The molecular formula is C33H43FN4O5S. The van der Waals surface area contributed by atoms with E-state index in [4.69, 9.17) is 4.74 Å². The van der Waals surface area contributed by atoms with Gasteiger partial charge in [0.15, 0.2) is 0 Å². The minimum Gasteiger partial charge on any atom is -0.598 e. The number of hydrogen-bond acceptors (Lipinski definition) is 7. The summed E-state index contributed by atoms with van der Waals surface area (Å²) in [4.78, 5) is 27.5. The SMILES string of the molecule is CC(C)(C)OC(=O)N1C[C@H](O)C[C@@H]1C(=O)Nc1cc([C@](CCC2CC2)(N[S+]([O-])C(C)(C)C)c2cccc(C#N)c2)ccc1F. The molecule has 1 saturated carbocycles. The summed E-state index contributed by atoms with van der Waals surface area (Å²) in [6.07, 6.45) is 1.84. The molecule has 44 heavy (non-hydrogen) atoms. The molecular weight excluding hydrogens is 583 g/mol. The topological polar surface area (TPSA) is 138 Å². The van der Waals surface area contributed by atoms with Crippen molar-refractivity contribution in [3.63, 3.8) is 0 Å². The molecule has 2 fully saturated rings. The largest absolute Gasteiger partial charge is 0.598 e. The molecule has 0 spiro atoms. The number of anilines is 1. The van der Waals surface area contributed by atoms with Gasteiger partial charge in [-0.25, -0.2) is 9.18 Å². The number of nitrogens with one attached hydrogen (secondary N) is 2. The van der Waals surface area contributed by atoms with E-state index in [9.17, 15) is 24.5 Å². The van der Waals surface area contributed by atoms with E-state index >= 15 is 4.39 Å². The summed E-state index contributed by atoms with van der Waals surface area (Å²) in [5.74, 6) is -0.835. The Labute approximate surface area is 262 Å². The van der Waals surface area contributed by atoms with Gasteiger partial charge in [0, 0.05) is 17.8 Å². The number of β-amino-alcohol motifs (C(OH)–C–C–N with tert-alkyl or cyclic N) is 1. The zero-order valence-electron chi connectivity index (χ0n) is 26.3. The molecule has 1 heterocycles. The third kappa shape index (κ3) is 8.10. The summed E-state index contributed by atoms with van der Waals surface area (Å²) in [6, 6.07) is 12.6. The summed E-state index contributed by atoms with van der Waals surface area (Å²) in [5.41, 5.74) is -0.300. The molecule has 238 valence electrons. The van der Waals surface area contributed by atoms with Gasteiger partial charge in [0.1, 0.15) is 27.7 Å². The third-order valence-electron chi connectivity index (χ3n) is 7.86. The van der Waals surface area contributed by atoms with Gasteiger partial charge in [-0.1, -0.05) is 31.0 Å². The maximum absolute atomic E-state index is 15.4. The smallest absolute Gasteiger partial charge is 0.411 e. The molecule has 1 saturated heterocycles. The number of benzene rings is 2. The van der Waals surface area contributed by atoms with E-state index in [1.54, 1.807) is 45.0 Å². The van der Waals surface area contributed by atoms with Crippen molar-refractivity contribution in [2.24, 2.45) is 5.92 Å². The van der Waals surface area contributed by atoms with E-state index in [1.807, 2.05) is 26.8 Å². The number of aliphatic hydroxyl groups is 1. The second-order valence-electron chi connectivity index (χ2n) is 13.8. The fourth-order valence-electron chi connectivity index (χ4n) is 5.30. The summed E-state index contributed by atoms with van der Waals surface area (Å²) >= 11 is -1.56. The Morgan fingerprint density at radius 1 is 1.14 bits per heavy atom. The molecule has 1 aliphatic heterocycles. The number of carbonyl (C=O) groups excluding carboxylic acids is 2. The Morgan fingerprint density at radius 2 is 1.82 bits per heavy atom. The number of carbonyl (C=O) groups is 2. The average Bonchev–Trinajstić information content (AvgIpc) is 3.69. The zero-order valence-corrected chi connectivity index (χ0v) is 27.1. The normalized spacial score (nSPS) is 20.9. The van der Waals surface area contributed by atoms with Crippen LogP contribution in [0.1, 0.15) is 90.3 Å². The minimum absolute atomic E-state index is 0.0230. The highest BCUT2D eigenvalue weighted by Gasteiger charge is 2.44. The second-order valence-corrected chi connectivity index (χ2v) is 15.8. The third-order valence-corrected chi connectivity index (χ3v) is 9.51. The Bertz CT molecular complexity index is 1410. The number of nitrogens with zero attached hydrogens (tertiary/aromatic N) is 2. The number of hydrogen-bond donors (Lipinski definition) is 3. The number of likely N-dealkylation sites (tertiary alicyclic amines) is 1. The Hall–Kier alpha value is -3.17. The van der Waals surface area contributed by atoms with Gasteiger partial charge in [0.25, 0.3) is 0 Å². The van der Waals surface area contributed by atoms with E-state index in [0.717, 1.165) is 24.2 Å². The molecule has 0 radical (unpaired) electrons. The lowest BCUT2D eigenvalue weighted by atomic mass is 9.79. The lowest BCUT2D eigenvalue weighted by molar-refractivity contribution is -0.120. The molecule has 11 heteroatoms. The van der Waals surface area contributed by atoms with E-state index < -0.39 is 57.2 Å². The van der Waals surface area contributed by atoms with Crippen molar-refractivity contribution in [1.29, 1.82) is 5.26 Å². The number of nitriles is 1. The highest BCUT2D eigenvalue weighted by molar-refractivity contribution is 7.90. The van der Waals surface area contributed by atoms with Gasteiger partial charge in [-0.05, 0) is 95.7 Å². The quantitative estimate of drug-likeness (QED) is 0.313. The van der Waals surface area contributed by atoms with Crippen LogP contribution in [0.2, 0.25) is 0 Å². The molecule has 4 rings (SSSR count). The zero-order chi connectivity index (χ0) is 32.4. The second kappa shape index (κ2) is 13.1. The van der Waals surface area contributed by atoms with Gasteiger partial charge in [0.05, 0.1) is 30.0 Å². The lowest BCUT2D eigenvalue weighted by Gasteiger charge is -2.39. The fraction of sp³-hybridized carbons (Fsp3) is 0.545. The first-order chi connectivity index (χ1) is 20.5. The first kappa shape index (κ1) is 33.7. The number of halogens is 1. The van der Waals surface area contributed by atoms with Crippen LogP contribution in [-0.4, -0.2) is 55.6 Å². The van der Waals surface area contributed by atoms with Crippen LogP contribution in [0.3, 0.4) is 0 Å². The maximum atomic E-state index is 15.4. The monoisotopic (exact) mass is 626 g/mol. The van der Waals surface area contributed by atoms with Gasteiger partial charge in [-0.3, -0.25) is 9.69 Å². The molecule has 0 aromatic heterocycles. The van der Waals surface area contributed by atoms with Crippen LogP contribution in [0.4, 0.5) is 14.9 Å². The highest BCUT2D eigenvalue weighted by atomic mass is 32.2. The van der Waals surface area contributed by atoms with Crippen LogP contribution in [0, 0.1) is 23.1 Å². The minimum atomic E-state index is -1.56. The molecule has 1 aliphatic carbocycles. The summed E-state index contributed by atoms with van der Waals surface area (Å²) in [5, 5.41) is 22.6. The van der Waals surface area contributed by atoms with E-state index in [1.165, 1.54) is 12.1 Å². The number of ether oxygens (including phenoxy) is 1. The Morgan fingerprint density at radius 3 is 2.43 bits per heavy atom. The van der Waals surface area contributed by atoms with E-state index in [-0.39, 0.29) is 18.7 Å². The Balaban J connectivity index is 1.74. The van der Waals surface area contributed by atoms with Crippen molar-refractivity contribution < 1.29 is 28.4 Å². The van der Waals surface area contributed by atoms with Crippen molar-refractivity contribution in [2.75, 3.05) is 11.9 Å². The molecule has 2 aromatic rings. The van der Waals surface area contributed by atoms with Gasteiger partial charge < -0.3 is 19.7 Å². The first-order valence-corrected chi connectivity index (χ1v) is 16.2. The summed E-state index contributed by atoms with van der Waals surface area (Å²) in [7, 11) is 0. The fourth-order valence-corrected chi connectivity index (χ4v) is 6.26. The van der Waals surface area contributed by atoms with Crippen molar-refractivity contribution in [3.05, 3.63) is 65.0 Å². The van der Waals surface area contributed by atoms with Crippen molar-refractivity contribution >= 4 is 29.0 Å². The molecule has 9 nitrogen and oxygen atoms in total.